The fraction of sp³-hybridized carbons (Fsp3) is 0.245. The smallest absolute Gasteiger partial charge is 0.255 e. The molecule has 0 bridgehead atoms. The number of phenolic OH excluding ortho intramolecular Hbond substituents is 1. The summed E-state index contributed by atoms with van der Waals surface area (Å²) in [4.78, 5) is 48.3. The maximum atomic E-state index is 13.5. The molecule has 0 radical (unpaired) electrons. The molecule has 0 saturated carbocycles. The molecule has 14 nitrogen and oxygen atoms in total. The highest BCUT2D eigenvalue weighted by Crippen LogP contribution is 2.40. The van der Waals surface area contributed by atoms with E-state index in [-0.39, 0.29) is 42.5 Å². The maximum absolute atomic E-state index is 13.5. The molecule has 1 atom stereocenters. The minimum absolute atomic E-state index is 0.0282. The third-order valence-electron chi connectivity index (χ3n) is 12.5. The number of anilines is 1. The number of hydrogen-bond acceptors (Lipinski definition) is 11. The third kappa shape index (κ3) is 9.92. The minimum atomic E-state index is -0.652. The summed E-state index contributed by atoms with van der Waals surface area (Å²) >= 11 is 7.89. The van der Waals surface area contributed by atoms with Crippen molar-refractivity contribution in [3.8, 4) is 50.3 Å². The Hall–Kier alpha value is -7.49. The molecular weight excluding hydrogens is 914 g/mol. The maximum Gasteiger partial charge on any atom is 0.255 e. The van der Waals surface area contributed by atoms with E-state index in [2.05, 4.69) is 34.7 Å². The number of fused-ring (bicyclic) bond motifs is 3. The number of thiophene rings is 1. The number of aliphatic imine (C=N–C) groups is 1. The second kappa shape index (κ2) is 20.0. The summed E-state index contributed by atoms with van der Waals surface area (Å²) in [6.07, 6.45) is 0.959. The van der Waals surface area contributed by atoms with Crippen LogP contribution in [-0.4, -0.2) is 88.2 Å². The number of aryl methyl sites for hydroxylation is 2. The largest absolute Gasteiger partial charge is 0.507 e. The van der Waals surface area contributed by atoms with Crippen LogP contribution in [0.4, 0.5) is 5.69 Å². The Bertz CT molecular complexity index is 3100. The molecule has 4 heterocycles. The molecule has 3 N–H and O–H groups in total. The second-order valence-corrected chi connectivity index (χ2v) is 18.6. The first-order valence-electron chi connectivity index (χ1n) is 22.5. The lowest BCUT2D eigenvalue weighted by molar-refractivity contribution is -0.134. The van der Waals surface area contributed by atoms with E-state index in [4.69, 9.17) is 30.8 Å². The Morgan fingerprint density at radius 1 is 0.812 bits per heavy atom. The fourth-order valence-corrected chi connectivity index (χ4v) is 10.1. The topological polar surface area (TPSA) is 169 Å². The van der Waals surface area contributed by atoms with E-state index in [9.17, 15) is 19.5 Å². The van der Waals surface area contributed by atoms with Crippen LogP contribution in [0.15, 0.2) is 114 Å². The van der Waals surface area contributed by atoms with Gasteiger partial charge < -0.3 is 34.9 Å². The number of nitrogens with one attached hydrogen (secondary N) is 2. The number of hydrogen-bond donors (Lipinski definition) is 3. The van der Waals surface area contributed by atoms with Crippen LogP contribution in [0.5, 0.6) is 23.0 Å². The standard InChI is InChI=1S/C53H50ClN7O7S/c1-30-31(2)69-53-49(30)50(34-9-14-37(54)15-10-34)57-44(51-59-58-32(3)61(51)53)28-47(63)55-29-48(64)60-23-21-39(22-24-60)68-41-18-19-42(45(62)27-41)33-11-16-38(17-12-33)56-52(65)36-13-20-46(67-5)43(26-36)35-7-6-8-40(25-35)66-4/h6-20,25-27,39,44,62H,21-24,28-29H2,1-5H3,(H,55,63)(H,56,65)/t44-/m0/s1. The highest BCUT2D eigenvalue weighted by Gasteiger charge is 2.33. The number of rotatable bonds is 13. The Morgan fingerprint density at radius 3 is 2.29 bits per heavy atom. The highest BCUT2D eigenvalue weighted by molar-refractivity contribution is 7.15. The van der Waals surface area contributed by atoms with Gasteiger partial charge in [0.05, 0.1) is 32.9 Å². The molecule has 69 heavy (non-hydrogen) atoms. The zero-order valence-electron chi connectivity index (χ0n) is 38.7. The lowest BCUT2D eigenvalue weighted by atomic mass is 9.99. The van der Waals surface area contributed by atoms with E-state index in [0.717, 1.165) is 49.0 Å². The Balaban J connectivity index is 0.773. The number of carbonyl (C=O) groups excluding carboxylic acids is 3. The van der Waals surface area contributed by atoms with Gasteiger partial charge in [0.1, 0.15) is 46.0 Å². The first kappa shape index (κ1) is 46.6. The number of amides is 3. The average Bonchev–Trinajstić information content (AvgIpc) is 3.84. The monoisotopic (exact) mass is 963 g/mol. The van der Waals surface area contributed by atoms with Crippen molar-refractivity contribution in [3.63, 3.8) is 0 Å². The van der Waals surface area contributed by atoms with Gasteiger partial charge in [-0.1, -0.05) is 48.0 Å². The number of piperidine rings is 1. The molecule has 9 rings (SSSR count). The number of methoxy groups -OCH3 is 2. The molecule has 1 fully saturated rings. The van der Waals surface area contributed by atoms with Gasteiger partial charge in [-0.3, -0.25) is 23.9 Å². The van der Waals surface area contributed by atoms with Gasteiger partial charge in [-0.25, -0.2) is 0 Å². The molecule has 3 amide bonds. The Morgan fingerprint density at radius 2 is 1.57 bits per heavy atom. The number of phenols is 1. The van der Waals surface area contributed by atoms with E-state index in [1.807, 2.05) is 78.2 Å². The first-order valence-corrected chi connectivity index (χ1v) is 23.7. The summed E-state index contributed by atoms with van der Waals surface area (Å²) in [6, 6.07) is 32.1. The molecule has 352 valence electrons. The number of nitrogens with zero attached hydrogens (tertiary/aromatic N) is 5. The summed E-state index contributed by atoms with van der Waals surface area (Å²) in [7, 11) is 3.19. The number of aromatic nitrogens is 3. The molecule has 2 aliphatic heterocycles. The van der Waals surface area contributed by atoms with Crippen molar-refractivity contribution < 1.29 is 33.7 Å². The number of halogens is 1. The number of benzene rings is 5. The molecule has 0 unspecified atom stereocenters. The quantitative estimate of drug-likeness (QED) is 0.102. The van der Waals surface area contributed by atoms with Crippen LogP contribution in [0.2, 0.25) is 5.02 Å². The number of aromatic hydroxyl groups is 1. The molecule has 2 aromatic heterocycles. The van der Waals surface area contributed by atoms with Crippen molar-refractivity contribution in [3.05, 3.63) is 153 Å². The van der Waals surface area contributed by atoms with Crippen molar-refractivity contribution in [2.75, 3.05) is 39.2 Å². The van der Waals surface area contributed by atoms with E-state index < -0.39 is 6.04 Å². The van der Waals surface area contributed by atoms with Gasteiger partial charge >= 0.3 is 0 Å². The second-order valence-electron chi connectivity index (χ2n) is 16.9. The van der Waals surface area contributed by atoms with Crippen LogP contribution in [0.25, 0.3) is 27.3 Å². The van der Waals surface area contributed by atoms with Crippen molar-refractivity contribution >= 4 is 52.1 Å². The Labute approximate surface area is 408 Å². The Kier molecular flexibility index (Phi) is 13.5. The van der Waals surface area contributed by atoms with Gasteiger partial charge in [-0.2, -0.15) is 0 Å². The predicted octanol–water partition coefficient (Wildman–Crippen LogP) is 9.68. The number of likely N-dealkylation sites (tertiary alicyclic amines) is 1. The zero-order valence-corrected chi connectivity index (χ0v) is 40.3. The summed E-state index contributed by atoms with van der Waals surface area (Å²) < 4.78 is 19.2. The van der Waals surface area contributed by atoms with E-state index in [1.54, 1.807) is 72.9 Å². The lowest BCUT2D eigenvalue weighted by Crippen LogP contribution is -2.46. The van der Waals surface area contributed by atoms with Crippen LogP contribution in [0, 0.1) is 20.8 Å². The molecule has 0 aliphatic carbocycles. The summed E-state index contributed by atoms with van der Waals surface area (Å²) in [5.41, 5.74) is 7.72. The normalized spacial score (nSPS) is 14.5. The number of carbonyl (C=O) groups is 3. The van der Waals surface area contributed by atoms with E-state index >= 15 is 0 Å². The first-order chi connectivity index (χ1) is 33.4. The fourth-order valence-electron chi connectivity index (χ4n) is 8.71. The van der Waals surface area contributed by atoms with Crippen LogP contribution in [-0.2, 0) is 9.59 Å². The van der Waals surface area contributed by atoms with E-state index in [1.165, 1.54) is 0 Å². The van der Waals surface area contributed by atoms with Crippen LogP contribution >= 0.6 is 22.9 Å². The van der Waals surface area contributed by atoms with Crippen LogP contribution in [0.3, 0.4) is 0 Å². The molecular formula is C53H50ClN7O7S. The molecule has 7 aromatic rings. The van der Waals surface area contributed by atoms with Gasteiger partial charge in [0.15, 0.2) is 5.82 Å². The van der Waals surface area contributed by atoms with Crippen molar-refractivity contribution in [1.29, 1.82) is 0 Å². The predicted molar refractivity (Wildman–Crippen MR) is 268 cm³/mol. The van der Waals surface area contributed by atoms with Crippen molar-refractivity contribution in [2.24, 2.45) is 4.99 Å². The molecule has 16 heteroatoms. The van der Waals surface area contributed by atoms with Gasteiger partial charge in [-0.15, -0.1) is 21.5 Å². The lowest BCUT2D eigenvalue weighted by Gasteiger charge is -2.32. The molecule has 0 spiro atoms. The number of ether oxygens (including phenoxy) is 3. The van der Waals surface area contributed by atoms with Crippen LogP contribution < -0.4 is 24.8 Å². The van der Waals surface area contributed by atoms with Gasteiger partial charge in [-0.05, 0) is 104 Å². The van der Waals surface area contributed by atoms with Crippen molar-refractivity contribution in [1.82, 2.24) is 25.0 Å². The van der Waals surface area contributed by atoms with Gasteiger partial charge in [0.2, 0.25) is 11.8 Å². The minimum Gasteiger partial charge on any atom is -0.507 e. The molecule has 5 aromatic carbocycles. The van der Waals surface area contributed by atoms with E-state index in [0.29, 0.717) is 76.7 Å². The SMILES string of the molecule is COc1cccc(-c2cc(C(=O)Nc3ccc(-c4ccc(OC5CCN(C(=O)CNC(=O)C[C@@H]6N=C(c7ccc(Cl)cc7)c7c(sc(C)c7C)-n7c(C)nnc76)CC5)cc4O)cc3)ccc2OC)c1. The molecule has 2 aliphatic rings. The third-order valence-corrected chi connectivity index (χ3v) is 14.0. The van der Waals surface area contributed by atoms with Crippen molar-refractivity contribution in [2.45, 2.75) is 52.2 Å². The zero-order chi connectivity index (χ0) is 48.3. The van der Waals surface area contributed by atoms with Gasteiger partial charge in [0, 0.05) is 75.4 Å². The average molecular weight is 965 g/mol. The highest BCUT2D eigenvalue weighted by atomic mass is 35.5. The van der Waals surface area contributed by atoms with Crippen LogP contribution in [0.1, 0.15) is 68.9 Å². The summed E-state index contributed by atoms with van der Waals surface area (Å²) in [5.74, 6) is 2.34. The molecule has 1 saturated heterocycles. The van der Waals surface area contributed by atoms with Gasteiger partial charge in [0.25, 0.3) is 5.91 Å². The summed E-state index contributed by atoms with van der Waals surface area (Å²) in [5, 5.41) is 27.3. The summed E-state index contributed by atoms with van der Waals surface area (Å²) in [6.45, 7) is 6.79.